The zero-order chi connectivity index (χ0) is 11.5. The molecule has 0 aliphatic rings. The maximum atomic E-state index is 11.7. The minimum Gasteiger partial charge on any atom is -0.346 e. The first-order valence-electron chi connectivity index (χ1n) is 5.27. The molecule has 0 unspecified atom stereocenters. The molecule has 0 spiro atoms. The van der Waals surface area contributed by atoms with E-state index in [4.69, 9.17) is 0 Å². The van der Waals surface area contributed by atoms with Gasteiger partial charge in [0.05, 0.1) is 5.54 Å². The first kappa shape index (κ1) is 12.2. The molecule has 1 aromatic rings. The van der Waals surface area contributed by atoms with Gasteiger partial charge >= 0.3 is 0 Å². The van der Waals surface area contributed by atoms with E-state index in [0.717, 1.165) is 0 Å². The van der Waals surface area contributed by atoms with Gasteiger partial charge < -0.3 is 5.32 Å². The van der Waals surface area contributed by atoms with E-state index < -0.39 is 0 Å². The molecule has 0 saturated heterocycles. The zero-order valence-corrected chi connectivity index (χ0v) is 10.6. The Morgan fingerprint density at radius 1 is 1.53 bits per heavy atom. The van der Waals surface area contributed by atoms with Crippen molar-refractivity contribution in [2.45, 2.75) is 39.7 Å². The Balaban J connectivity index is 2.61. The van der Waals surface area contributed by atoms with Gasteiger partial charge in [-0.2, -0.15) is 0 Å². The summed E-state index contributed by atoms with van der Waals surface area (Å²) in [6.45, 7) is 8.18. The standard InChI is InChI=1S/C12H19NOS/c1-9(2)8-11(14)13-12(3,4)10-6-5-7-15-10/h5-7,9H,8H2,1-4H3,(H,13,14). The van der Waals surface area contributed by atoms with Crippen molar-refractivity contribution in [2.24, 2.45) is 5.92 Å². The SMILES string of the molecule is CC(C)CC(=O)NC(C)(C)c1cccs1. The first-order chi connectivity index (χ1) is 6.92. The molecule has 84 valence electrons. The van der Waals surface area contributed by atoms with Crippen molar-refractivity contribution in [2.75, 3.05) is 0 Å². The molecule has 1 amide bonds. The van der Waals surface area contributed by atoms with Gasteiger partial charge in [-0.1, -0.05) is 19.9 Å². The molecule has 0 radical (unpaired) electrons. The number of rotatable bonds is 4. The van der Waals surface area contributed by atoms with Crippen LogP contribution in [-0.2, 0) is 10.3 Å². The molecule has 2 nitrogen and oxygen atoms in total. The highest BCUT2D eigenvalue weighted by Gasteiger charge is 2.23. The van der Waals surface area contributed by atoms with Crippen LogP contribution < -0.4 is 5.32 Å². The molecule has 1 heterocycles. The summed E-state index contributed by atoms with van der Waals surface area (Å²) in [5, 5.41) is 5.09. The van der Waals surface area contributed by atoms with Gasteiger partial charge in [-0.3, -0.25) is 4.79 Å². The number of nitrogens with one attached hydrogen (secondary N) is 1. The lowest BCUT2D eigenvalue weighted by molar-refractivity contribution is -0.123. The van der Waals surface area contributed by atoms with Crippen LogP contribution >= 0.6 is 11.3 Å². The first-order valence-corrected chi connectivity index (χ1v) is 6.15. The Morgan fingerprint density at radius 2 is 2.20 bits per heavy atom. The van der Waals surface area contributed by atoms with Gasteiger partial charge in [0.2, 0.25) is 5.91 Å². The van der Waals surface area contributed by atoms with Gasteiger partial charge in [-0.15, -0.1) is 11.3 Å². The molecular weight excluding hydrogens is 206 g/mol. The van der Waals surface area contributed by atoms with Crippen LogP contribution in [0.4, 0.5) is 0 Å². The monoisotopic (exact) mass is 225 g/mol. The molecule has 0 aromatic carbocycles. The highest BCUT2D eigenvalue weighted by molar-refractivity contribution is 7.10. The van der Waals surface area contributed by atoms with Gasteiger partial charge in [0.1, 0.15) is 0 Å². The average molecular weight is 225 g/mol. The van der Waals surface area contributed by atoms with Gasteiger partial charge in [0.25, 0.3) is 0 Å². The van der Waals surface area contributed by atoms with Crippen LogP contribution in [-0.4, -0.2) is 5.91 Å². The molecule has 0 bridgehead atoms. The fourth-order valence-corrected chi connectivity index (χ4v) is 2.27. The minimum atomic E-state index is -0.250. The van der Waals surface area contributed by atoms with E-state index >= 15 is 0 Å². The highest BCUT2D eigenvalue weighted by atomic mass is 32.1. The van der Waals surface area contributed by atoms with Crippen LogP contribution in [0, 0.1) is 5.92 Å². The van der Waals surface area contributed by atoms with Crippen molar-refractivity contribution in [3.8, 4) is 0 Å². The summed E-state index contributed by atoms with van der Waals surface area (Å²) in [6, 6.07) is 4.07. The number of carbonyl (C=O) groups is 1. The van der Waals surface area contributed by atoms with Gasteiger partial charge in [0, 0.05) is 11.3 Å². The normalized spacial score (nSPS) is 11.8. The number of carbonyl (C=O) groups excluding carboxylic acids is 1. The Hall–Kier alpha value is -0.830. The van der Waals surface area contributed by atoms with E-state index in [9.17, 15) is 4.79 Å². The largest absolute Gasteiger partial charge is 0.346 e. The summed E-state index contributed by atoms with van der Waals surface area (Å²) in [5.41, 5.74) is -0.250. The Kier molecular flexibility index (Phi) is 3.91. The van der Waals surface area contributed by atoms with Crippen LogP contribution in [0.2, 0.25) is 0 Å². The van der Waals surface area contributed by atoms with Gasteiger partial charge in [0.15, 0.2) is 0 Å². The van der Waals surface area contributed by atoms with Crippen LogP contribution in [0.5, 0.6) is 0 Å². The van der Waals surface area contributed by atoms with Crippen molar-refractivity contribution >= 4 is 17.2 Å². The Labute approximate surface area is 95.7 Å². The smallest absolute Gasteiger partial charge is 0.220 e. The number of thiophene rings is 1. The van der Waals surface area contributed by atoms with Gasteiger partial charge in [-0.25, -0.2) is 0 Å². The lowest BCUT2D eigenvalue weighted by Gasteiger charge is -2.25. The molecule has 0 saturated carbocycles. The second-order valence-electron chi connectivity index (χ2n) is 4.75. The van der Waals surface area contributed by atoms with Crippen molar-refractivity contribution in [3.63, 3.8) is 0 Å². The van der Waals surface area contributed by atoms with Crippen molar-refractivity contribution < 1.29 is 4.79 Å². The van der Waals surface area contributed by atoms with Crippen LogP contribution in [0.1, 0.15) is 39.0 Å². The average Bonchev–Trinajstić information content (AvgIpc) is 2.51. The third kappa shape index (κ3) is 3.67. The third-order valence-corrected chi connectivity index (χ3v) is 3.38. The molecule has 0 fully saturated rings. The van der Waals surface area contributed by atoms with E-state index in [1.807, 2.05) is 25.3 Å². The maximum absolute atomic E-state index is 11.7. The Morgan fingerprint density at radius 3 is 2.67 bits per heavy atom. The fraction of sp³-hybridized carbons (Fsp3) is 0.583. The number of hydrogen-bond acceptors (Lipinski definition) is 2. The van der Waals surface area contributed by atoms with Crippen LogP contribution in [0.25, 0.3) is 0 Å². The van der Waals surface area contributed by atoms with Crippen LogP contribution in [0.3, 0.4) is 0 Å². The van der Waals surface area contributed by atoms with E-state index in [2.05, 4.69) is 25.2 Å². The van der Waals surface area contributed by atoms with Gasteiger partial charge in [-0.05, 0) is 31.2 Å². The topological polar surface area (TPSA) is 29.1 Å². The predicted octanol–water partition coefficient (Wildman–Crippen LogP) is 3.15. The molecule has 1 aromatic heterocycles. The molecule has 3 heteroatoms. The summed E-state index contributed by atoms with van der Waals surface area (Å²) in [7, 11) is 0. The summed E-state index contributed by atoms with van der Waals surface area (Å²) < 4.78 is 0. The van der Waals surface area contributed by atoms with Crippen molar-refractivity contribution in [3.05, 3.63) is 22.4 Å². The summed E-state index contributed by atoms with van der Waals surface area (Å²) in [4.78, 5) is 12.9. The van der Waals surface area contributed by atoms with Crippen molar-refractivity contribution in [1.82, 2.24) is 5.32 Å². The van der Waals surface area contributed by atoms with E-state index in [0.29, 0.717) is 12.3 Å². The molecule has 1 N–H and O–H groups in total. The molecule has 0 aliphatic heterocycles. The highest BCUT2D eigenvalue weighted by Crippen LogP contribution is 2.24. The van der Waals surface area contributed by atoms with Crippen LogP contribution in [0.15, 0.2) is 17.5 Å². The second-order valence-corrected chi connectivity index (χ2v) is 5.70. The lowest BCUT2D eigenvalue weighted by atomic mass is 10.0. The molecule has 15 heavy (non-hydrogen) atoms. The Bertz CT molecular complexity index is 314. The summed E-state index contributed by atoms with van der Waals surface area (Å²) in [5.74, 6) is 0.535. The van der Waals surface area contributed by atoms with E-state index in [1.54, 1.807) is 11.3 Å². The quantitative estimate of drug-likeness (QED) is 0.838. The molecule has 0 atom stereocenters. The fourth-order valence-electron chi connectivity index (χ4n) is 1.47. The van der Waals surface area contributed by atoms with E-state index in [-0.39, 0.29) is 11.4 Å². The maximum Gasteiger partial charge on any atom is 0.220 e. The second kappa shape index (κ2) is 4.79. The zero-order valence-electron chi connectivity index (χ0n) is 9.83. The number of amides is 1. The molecule has 1 rings (SSSR count). The van der Waals surface area contributed by atoms with Crippen molar-refractivity contribution in [1.29, 1.82) is 0 Å². The van der Waals surface area contributed by atoms with E-state index in [1.165, 1.54) is 4.88 Å². The predicted molar refractivity (Wildman–Crippen MR) is 64.9 cm³/mol. The molecular formula is C12H19NOS. The minimum absolute atomic E-state index is 0.128. The lowest BCUT2D eigenvalue weighted by Crippen LogP contribution is -2.40. The number of hydrogen-bond donors (Lipinski definition) is 1. The third-order valence-electron chi connectivity index (χ3n) is 2.18. The summed E-state index contributed by atoms with van der Waals surface area (Å²) in [6.07, 6.45) is 0.592. The summed E-state index contributed by atoms with van der Waals surface area (Å²) >= 11 is 1.68. The molecule has 0 aliphatic carbocycles.